The van der Waals surface area contributed by atoms with Crippen LogP contribution in [0.25, 0.3) is 6.08 Å². The number of carbonyl (C=O) groups excluding carboxylic acids is 1. The van der Waals surface area contributed by atoms with E-state index in [0.29, 0.717) is 16.3 Å². The molecule has 2 heterocycles. The van der Waals surface area contributed by atoms with E-state index in [4.69, 9.17) is 0 Å². The predicted molar refractivity (Wildman–Crippen MR) is 135 cm³/mol. The fraction of sp³-hybridized carbons (Fsp3) is 0.333. The molecule has 10 heteroatoms. The van der Waals surface area contributed by atoms with Gasteiger partial charge in [0.05, 0.1) is 12.1 Å². The van der Waals surface area contributed by atoms with Gasteiger partial charge in [0.25, 0.3) is 5.91 Å². The van der Waals surface area contributed by atoms with Crippen molar-refractivity contribution in [3.8, 4) is 0 Å². The molecule has 180 valence electrons. The summed E-state index contributed by atoms with van der Waals surface area (Å²) in [5.41, 5.74) is 3.43. The predicted octanol–water partition coefficient (Wildman–Crippen LogP) is 4.03. The van der Waals surface area contributed by atoms with E-state index in [1.165, 1.54) is 9.71 Å². The van der Waals surface area contributed by atoms with Gasteiger partial charge in [-0.05, 0) is 73.7 Å². The molecular weight excluding hydrogens is 475 g/mol. The molecule has 7 nitrogen and oxygen atoms in total. The van der Waals surface area contributed by atoms with Crippen molar-refractivity contribution >= 4 is 45.7 Å². The van der Waals surface area contributed by atoms with E-state index < -0.39 is 15.6 Å². The maximum Gasteiger partial charge on any atom is 0.253 e. The number of aryl methyl sites for hydroxylation is 2. The van der Waals surface area contributed by atoms with Crippen molar-refractivity contribution in [2.24, 2.45) is 4.99 Å². The summed E-state index contributed by atoms with van der Waals surface area (Å²) in [6, 6.07) is 10.7. The number of piperidine rings is 1. The number of amidine groups is 1. The van der Waals surface area contributed by atoms with E-state index in [9.17, 15) is 17.1 Å². The molecule has 34 heavy (non-hydrogen) atoms. The molecule has 2 N–H and O–H groups in total. The van der Waals surface area contributed by atoms with Crippen LogP contribution in [0.3, 0.4) is 0 Å². The van der Waals surface area contributed by atoms with Crippen molar-refractivity contribution in [1.82, 2.24) is 9.62 Å². The number of carbonyl (C=O) groups is 1. The van der Waals surface area contributed by atoms with Gasteiger partial charge in [-0.2, -0.15) is 8.19 Å². The van der Waals surface area contributed by atoms with Gasteiger partial charge in [0, 0.05) is 41.7 Å². The van der Waals surface area contributed by atoms with Crippen LogP contribution in [0.2, 0.25) is 0 Å². The maximum atomic E-state index is 13.0. The first-order chi connectivity index (χ1) is 16.2. The molecule has 1 spiro atoms. The Hall–Kier alpha value is -2.69. The lowest BCUT2D eigenvalue weighted by Crippen LogP contribution is -2.50. The molecule has 0 radical (unpaired) electrons. The molecule has 0 aliphatic carbocycles. The minimum atomic E-state index is -3.66. The summed E-state index contributed by atoms with van der Waals surface area (Å²) in [6.45, 7) is 4.27. The molecule has 1 amide bonds. The number of hydrogen-bond acceptors (Lipinski definition) is 6. The van der Waals surface area contributed by atoms with Crippen molar-refractivity contribution in [3.05, 3.63) is 64.1 Å². The standard InChI is InChI=1S/C24H27FN4O3S2/c1-16-13-19(26-3)14-17(2)21(16)7-12-34(31,32)29-10-8-24(9-11-29)23(30)27-22(28-24)18-5-4-6-20(15-18)33-25/h4-7,12-15,26H,8-11H2,1-3H3,(H,27,28,30)/b12-7+. The Labute approximate surface area is 203 Å². The zero-order valence-electron chi connectivity index (χ0n) is 19.3. The molecule has 2 aliphatic heterocycles. The smallest absolute Gasteiger partial charge is 0.253 e. The van der Waals surface area contributed by atoms with Crippen LogP contribution in [0.5, 0.6) is 0 Å². The number of benzene rings is 2. The second-order valence-corrected chi connectivity index (χ2v) is 11.0. The van der Waals surface area contributed by atoms with E-state index in [1.807, 2.05) is 33.0 Å². The molecule has 0 saturated carbocycles. The average Bonchev–Trinajstić information content (AvgIpc) is 3.14. The molecule has 1 fully saturated rings. The van der Waals surface area contributed by atoms with Gasteiger partial charge in [-0.1, -0.05) is 12.1 Å². The SMILES string of the molecule is CNc1cc(C)c(/C=C/S(=O)(=O)N2CCC3(CC2)N=C(c2cccc(SF)c2)NC3=O)c(C)c1. The summed E-state index contributed by atoms with van der Waals surface area (Å²) in [7, 11) is -1.81. The number of hydrogen-bond donors (Lipinski definition) is 2. The third-order valence-corrected chi connectivity index (χ3v) is 8.37. The highest BCUT2D eigenvalue weighted by Gasteiger charge is 2.47. The molecule has 0 atom stereocenters. The Balaban J connectivity index is 1.49. The van der Waals surface area contributed by atoms with E-state index in [0.717, 1.165) is 22.4 Å². The van der Waals surface area contributed by atoms with E-state index in [2.05, 4.69) is 15.6 Å². The normalized spacial score (nSPS) is 18.4. The minimum Gasteiger partial charge on any atom is -0.388 e. The van der Waals surface area contributed by atoms with Gasteiger partial charge in [-0.15, -0.1) is 0 Å². The van der Waals surface area contributed by atoms with Crippen molar-refractivity contribution in [2.45, 2.75) is 37.1 Å². The van der Waals surface area contributed by atoms with Crippen molar-refractivity contribution in [1.29, 1.82) is 0 Å². The Bertz CT molecular complexity index is 1260. The molecule has 2 aliphatic rings. The third kappa shape index (κ3) is 4.75. The lowest BCUT2D eigenvalue weighted by molar-refractivity contribution is -0.124. The molecule has 1 saturated heterocycles. The molecule has 0 aromatic heterocycles. The molecule has 0 bridgehead atoms. The van der Waals surface area contributed by atoms with Crippen molar-refractivity contribution in [2.75, 3.05) is 25.5 Å². The fourth-order valence-electron chi connectivity index (χ4n) is 4.42. The van der Waals surface area contributed by atoms with Crippen molar-refractivity contribution in [3.63, 3.8) is 0 Å². The first kappa shape index (κ1) is 24.4. The van der Waals surface area contributed by atoms with Gasteiger partial charge in [0.15, 0.2) is 0 Å². The first-order valence-corrected chi connectivity index (χ1v) is 13.2. The number of halogens is 1. The zero-order chi connectivity index (χ0) is 24.5. The number of aliphatic imine (C=N–C) groups is 1. The highest BCUT2D eigenvalue weighted by Crippen LogP contribution is 2.33. The molecular formula is C24H27FN4O3S2. The summed E-state index contributed by atoms with van der Waals surface area (Å²) >= 11 is 0.128. The summed E-state index contributed by atoms with van der Waals surface area (Å²) in [5.74, 6) is 0.150. The van der Waals surface area contributed by atoms with E-state index >= 15 is 0 Å². The third-order valence-electron chi connectivity index (χ3n) is 6.38. The van der Waals surface area contributed by atoms with E-state index in [1.54, 1.807) is 30.3 Å². The topological polar surface area (TPSA) is 90.9 Å². The summed E-state index contributed by atoms with van der Waals surface area (Å²) in [5, 5.41) is 7.13. The van der Waals surface area contributed by atoms with Gasteiger partial charge >= 0.3 is 0 Å². The van der Waals surface area contributed by atoms with Crippen LogP contribution in [0, 0.1) is 13.8 Å². The molecule has 2 aromatic carbocycles. The van der Waals surface area contributed by atoms with Crippen LogP contribution < -0.4 is 10.6 Å². The minimum absolute atomic E-state index is 0.128. The fourth-order valence-corrected chi connectivity index (χ4v) is 5.89. The van der Waals surface area contributed by atoms with Gasteiger partial charge in [0.1, 0.15) is 11.4 Å². The van der Waals surface area contributed by atoms with Crippen LogP contribution in [0.4, 0.5) is 9.57 Å². The van der Waals surface area contributed by atoms with E-state index in [-0.39, 0.29) is 44.0 Å². The van der Waals surface area contributed by atoms with Crippen LogP contribution in [0.15, 0.2) is 51.7 Å². The number of nitrogens with zero attached hydrogens (tertiary/aromatic N) is 2. The maximum absolute atomic E-state index is 13.0. The summed E-state index contributed by atoms with van der Waals surface area (Å²) in [4.78, 5) is 17.9. The zero-order valence-corrected chi connectivity index (χ0v) is 20.9. The quantitative estimate of drug-likeness (QED) is 0.622. The van der Waals surface area contributed by atoms with Crippen LogP contribution >= 0.6 is 12.1 Å². The van der Waals surface area contributed by atoms with Crippen LogP contribution in [-0.2, 0) is 14.8 Å². The highest BCUT2D eigenvalue weighted by atomic mass is 32.2. The Kier molecular flexibility index (Phi) is 6.84. The number of sulfonamides is 1. The van der Waals surface area contributed by atoms with Gasteiger partial charge in [-0.3, -0.25) is 9.79 Å². The van der Waals surface area contributed by atoms with Crippen LogP contribution in [0.1, 0.15) is 35.1 Å². The average molecular weight is 503 g/mol. The second-order valence-electron chi connectivity index (χ2n) is 8.57. The van der Waals surface area contributed by atoms with Gasteiger partial charge < -0.3 is 10.6 Å². The largest absolute Gasteiger partial charge is 0.388 e. The molecule has 2 aromatic rings. The summed E-state index contributed by atoms with van der Waals surface area (Å²) < 4.78 is 40.3. The first-order valence-electron chi connectivity index (χ1n) is 10.9. The number of rotatable bonds is 6. The number of nitrogens with one attached hydrogen (secondary N) is 2. The summed E-state index contributed by atoms with van der Waals surface area (Å²) in [6.07, 6.45) is 2.20. The highest BCUT2D eigenvalue weighted by molar-refractivity contribution is 7.94. The molecule has 4 rings (SSSR count). The molecule has 0 unspecified atom stereocenters. The lowest BCUT2D eigenvalue weighted by Gasteiger charge is -2.34. The lowest BCUT2D eigenvalue weighted by atomic mass is 9.89. The number of anilines is 1. The van der Waals surface area contributed by atoms with Crippen LogP contribution in [-0.4, -0.2) is 50.1 Å². The Morgan fingerprint density at radius 1 is 1.18 bits per heavy atom. The Morgan fingerprint density at radius 3 is 2.47 bits per heavy atom. The van der Waals surface area contributed by atoms with Crippen molar-refractivity contribution < 1.29 is 17.1 Å². The Morgan fingerprint density at radius 2 is 1.85 bits per heavy atom. The van der Waals surface area contributed by atoms with Gasteiger partial charge in [0.2, 0.25) is 10.0 Å². The van der Waals surface area contributed by atoms with Gasteiger partial charge in [-0.25, -0.2) is 8.42 Å². The monoisotopic (exact) mass is 502 g/mol. The second kappa shape index (κ2) is 9.52. The number of amides is 1.